The molecule has 1 aliphatic carbocycles. The highest BCUT2D eigenvalue weighted by molar-refractivity contribution is 8.00. The number of nitrogens with zero attached hydrogens (tertiary/aromatic N) is 1. The number of rotatable bonds is 8. The minimum absolute atomic E-state index is 0.00455. The van der Waals surface area contributed by atoms with E-state index in [2.05, 4.69) is 29.6 Å². The van der Waals surface area contributed by atoms with Crippen LogP contribution in [0.2, 0.25) is 0 Å². The highest BCUT2D eigenvalue weighted by atomic mass is 32.2. The van der Waals surface area contributed by atoms with Gasteiger partial charge in [-0.3, -0.25) is 14.4 Å². The third-order valence-corrected chi connectivity index (χ3v) is 5.67. The quantitative estimate of drug-likeness (QED) is 0.647. The number of nitrogens with one attached hydrogen (secondary N) is 2. The molecule has 2 rings (SSSR count). The molecule has 1 aliphatic rings. The summed E-state index contributed by atoms with van der Waals surface area (Å²) in [6.07, 6.45) is 3.24. The molecule has 1 aromatic heterocycles. The Morgan fingerprint density at radius 2 is 2.04 bits per heavy atom. The largest absolute Gasteiger partial charge is 0.455 e. The van der Waals surface area contributed by atoms with Crippen LogP contribution in [0.25, 0.3) is 0 Å². The summed E-state index contributed by atoms with van der Waals surface area (Å²) < 4.78 is 9.83. The smallest absolute Gasteiger partial charge is 0.316 e. The zero-order valence-corrected chi connectivity index (χ0v) is 16.8. The SMILES string of the molecule is Cc1cc(NC(=O)CSCC(=O)OCC(=O)N[C@H]2CCC[C@H](C)[C@@H]2C)no1. The van der Waals surface area contributed by atoms with Crippen LogP contribution in [0, 0.1) is 18.8 Å². The molecular weight excluding hydrogens is 370 g/mol. The highest BCUT2D eigenvalue weighted by Crippen LogP contribution is 2.29. The number of aromatic nitrogens is 1. The van der Waals surface area contributed by atoms with Crippen molar-refractivity contribution in [2.45, 2.75) is 46.1 Å². The molecule has 150 valence electrons. The van der Waals surface area contributed by atoms with Crippen molar-refractivity contribution >= 4 is 35.4 Å². The fraction of sp³-hybridized carbons (Fsp3) is 0.667. The first-order chi connectivity index (χ1) is 12.8. The van der Waals surface area contributed by atoms with Crippen molar-refractivity contribution < 1.29 is 23.6 Å². The minimum Gasteiger partial charge on any atom is -0.455 e. The van der Waals surface area contributed by atoms with Crippen LogP contribution in [0.15, 0.2) is 10.6 Å². The van der Waals surface area contributed by atoms with Gasteiger partial charge < -0.3 is 19.9 Å². The molecule has 27 heavy (non-hydrogen) atoms. The molecule has 2 amide bonds. The number of amides is 2. The van der Waals surface area contributed by atoms with E-state index in [9.17, 15) is 14.4 Å². The molecule has 0 radical (unpaired) electrons. The van der Waals surface area contributed by atoms with Crippen LogP contribution in [0.1, 0.15) is 38.9 Å². The summed E-state index contributed by atoms with van der Waals surface area (Å²) in [5.74, 6) is 0.903. The Morgan fingerprint density at radius 1 is 1.26 bits per heavy atom. The van der Waals surface area contributed by atoms with Crippen LogP contribution in [0.5, 0.6) is 0 Å². The number of ether oxygens (including phenoxy) is 1. The molecule has 0 unspecified atom stereocenters. The summed E-state index contributed by atoms with van der Waals surface area (Å²) in [4.78, 5) is 35.4. The summed E-state index contributed by atoms with van der Waals surface area (Å²) in [6.45, 7) is 5.77. The number of hydrogen-bond donors (Lipinski definition) is 2. The van der Waals surface area contributed by atoms with Crippen LogP contribution in [0.3, 0.4) is 0 Å². The van der Waals surface area contributed by atoms with E-state index in [1.165, 1.54) is 6.42 Å². The summed E-state index contributed by atoms with van der Waals surface area (Å²) in [5, 5.41) is 9.17. The molecule has 8 nitrogen and oxygen atoms in total. The normalized spacial score (nSPS) is 22.1. The van der Waals surface area contributed by atoms with Crippen LogP contribution in [0.4, 0.5) is 5.82 Å². The second kappa shape index (κ2) is 10.3. The predicted molar refractivity (Wildman–Crippen MR) is 102 cm³/mol. The number of thioether (sulfide) groups is 1. The monoisotopic (exact) mass is 397 g/mol. The number of anilines is 1. The second-order valence-electron chi connectivity index (χ2n) is 6.97. The molecule has 1 heterocycles. The Morgan fingerprint density at radius 3 is 2.74 bits per heavy atom. The zero-order chi connectivity index (χ0) is 19.8. The van der Waals surface area contributed by atoms with E-state index < -0.39 is 5.97 Å². The van der Waals surface area contributed by atoms with Gasteiger partial charge in [0.05, 0.1) is 11.5 Å². The van der Waals surface area contributed by atoms with Crippen molar-refractivity contribution in [1.82, 2.24) is 10.5 Å². The van der Waals surface area contributed by atoms with E-state index in [1.54, 1.807) is 13.0 Å². The maximum atomic E-state index is 12.0. The summed E-state index contributed by atoms with van der Waals surface area (Å²) in [5.41, 5.74) is 0. The zero-order valence-electron chi connectivity index (χ0n) is 15.9. The van der Waals surface area contributed by atoms with Gasteiger partial charge in [0.1, 0.15) is 5.76 Å². The van der Waals surface area contributed by atoms with Gasteiger partial charge in [-0.2, -0.15) is 0 Å². The van der Waals surface area contributed by atoms with Crippen molar-refractivity contribution in [2.24, 2.45) is 11.8 Å². The topological polar surface area (TPSA) is 111 Å². The van der Waals surface area contributed by atoms with E-state index in [0.29, 0.717) is 23.4 Å². The lowest BCUT2D eigenvalue weighted by Gasteiger charge is -2.34. The molecule has 9 heteroatoms. The molecule has 2 N–H and O–H groups in total. The van der Waals surface area contributed by atoms with Gasteiger partial charge in [-0.15, -0.1) is 11.8 Å². The number of esters is 1. The van der Waals surface area contributed by atoms with Crippen molar-refractivity contribution in [2.75, 3.05) is 23.4 Å². The van der Waals surface area contributed by atoms with Gasteiger partial charge in [-0.05, 0) is 25.2 Å². The highest BCUT2D eigenvalue weighted by Gasteiger charge is 2.28. The van der Waals surface area contributed by atoms with E-state index in [1.807, 2.05) is 0 Å². The van der Waals surface area contributed by atoms with Crippen molar-refractivity contribution in [3.63, 3.8) is 0 Å². The Kier molecular flexibility index (Phi) is 8.15. The second-order valence-corrected chi connectivity index (χ2v) is 7.95. The van der Waals surface area contributed by atoms with E-state index in [0.717, 1.165) is 24.6 Å². The predicted octanol–water partition coefficient (Wildman–Crippen LogP) is 2.14. The van der Waals surface area contributed by atoms with E-state index >= 15 is 0 Å². The summed E-state index contributed by atoms with van der Waals surface area (Å²) in [7, 11) is 0. The van der Waals surface area contributed by atoms with Gasteiger partial charge in [0.2, 0.25) is 5.91 Å². The van der Waals surface area contributed by atoms with Gasteiger partial charge in [-0.1, -0.05) is 31.8 Å². The Labute approximate surface area is 163 Å². The Bertz CT molecular complexity index is 663. The number of hydrogen-bond acceptors (Lipinski definition) is 7. The fourth-order valence-corrected chi connectivity index (χ4v) is 3.66. The van der Waals surface area contributed by atoms with Gasteiger partial charge in [0.15, 0.2) is 12.4 Å². The standard InChI is InChI=1S/C18H27N3O5S/c1-11-5-4-6-14(13(11)3)19-16(22)8-25-18(24)10-27-9-17(23)20-15-7-12(2)26-21-15/h7,11,13-14H,4-6,8-10H2,1-3H3,(H,19,22)(H,20,21,23)/t11-,13-,14-/m0/s1. The molecule has 0 saturated heterocycles. The molecular formula is C18H27N3O5S. The first-order valence-corrected chi connectivity index (χ1v) is 10.3. The third kappa shape index (κ3) is 7.24. The first-order valence-electron chi connectivity index (χ1n) is 9.11. The average Bonchev–Trinajstić information content (AvgIpc) is 3.02. The first kappa shape index (κ1) is 21.3. The lowest BCUT2D eigenvalue weighted by Crippen LogP contribution is -2.45. The maximum absolute atomic E-state index is 12.0. The minimum atomic E-state index is -0.523. The molecule has 1 fully saturated rings. The third-order valence-electron chi connectivity index (χ3n) is 4.77. The van der Waals surface area contributed by atoms with Crippen LogP contribution in [-0.4, -0.2) is 47.1 Å². The summed E-state index contributed by atoms with van der Waals surface area (Å²) >= 11 is 1.11. The van der Waals surface area contributed by atoms with Crippen molar-refractivity contribution in [1.29, 1.82) is 0 Å². The van der Waals surface area contributed by atoms with Gasteiger partial charge >= 0.3 is 5.97 Å². The van der Waals surface area contributed by atoms with Crippen molar-refractivity contribution in [3.8, 4) is 0 Å². The molecule has 1 aromatic rings. The van der Waals surface area contributed by atoms with Gasteiger partial charge in [0.25, 0.3) is 5.91 Å². The van der Waals surface area contributed by atoms with Crippen molar-refractivity contribution in [3.05, 3.63) is 11.8 Å². The lowest BCUT2D eigenvalue weighted by atomic mass is 9.78. The van der Waals surface area contributed by atoms with Gasteiger partial charge in [-0.25, -0.2) is 0 Å². The van der Waals surface area contributed by atoms with E-state index in [4.69, 9.17) is 9.26 Å². The van der Waals surface area contributed by atoms with E-state index in [-0.39, 0.29) is 36.0 Å². The summed E-state index contributed by atoms with van der Waals surface area (Å²) in [6, 6.07) is 1.74. The van der Waals surface area contributed by atoms with Gasteiger partial charge in [0, 0.05) is 12.1 Å². The molecule has 0 spiro atoms. The molecule has 0 aliphatic heterocycles. The Balaban J connectivity index is 1.58. The lowest BCUT2D eigenvalue weighted by molar-refractivity contribution is -0.146. The Hall–Kier alpha value is -2.03. The van der Waals surface area contributed by atoms with Crippen LogP contribution < -0.4 is 10.6 Å². The maximum Gasteiger partial charge on any atom is 0.316 e. The average molecular weight is 397 g/mol. The number of aryl methyl sites for hydroxylation is 1. The molecule has 1 saturated carbocycles. The number of carbonyl (C=O) groups excluding carboxylic acids is 3. The molecule has 3 atom stereocenters. The fourth-order valence-electron chi connectivity index (χ4n) is 3.05. The van der Waals surface area contributed by atoms with Crippen LogP contribution >= 0.6 is 11.8 Å². The molecule has 0 bridgehead atoms. The molecule has 0 aromatic carbocycles. The number of carbonyl (C=O) groups is 3. The van der Waals surface area contributed by atoms with Crippen LogP contribution in [-0.2, 0) is 19.1 Å².